The zero-order chi connectivity index (χ0) is 13.0. The molecule has 0 saturated carbocycles. The average Bonchev–Trinajstić information content (AvgIpc) is 2.46. The van der Waals surface area contributed by atoms with Crippen LogP contribution >= 0.6 is 0 Å². The van der Waals surface area contributed by atoms with Crippen molar-refractivity contribution in [3.8, 4) is 0 Å². The second-order valence-corrected chi connectivity index (χ2v) is 4.34. The molecule has 0 radical (unpaired) electrons. The zero-order valence-electron chi connectivity index (χ0n) is 10.6. The summed E-state index contributed by atoms with van der Waals surface area (Å²) in [5, 5.41) is 3.35. The number of benzene rings is 1. The highest BCUT2D eigenvalue weighted by atomic mass is 16.5. The number of para-hydroxylation sites is 1. The lowest BCUT2D eigenvalue weighted by molar-refractivity contribution is 0.0601. The van der Waals surface area contributed by atoms with Crippen LogP contribution in [0.5, 0.6) is 0 Å². The topological polar surface area (TPSA) is 67.6 Å². The number of esters is 1. The third kappa shape index (κ3) is 2.63. The molecule has 1 unspecified atom stereocenters. The number of ether oxygens (including phenoxy) is 1. The highest BCUT2D eigenvalue weighted by Crippen LogP contribution is 2.22. The Labute approximate surface area is 107 Å². The quantitative estimate of drug-likeness (QED) is 0.750. The first-order valence-corrected chi connectivity index (χ1v) is 6.12. The number of hydrogen-bond acceptors (Lipinski definition) is 5. The van der Waals surface area contributed by atoms with Gasteiger partial charge in [0.1, 0.15) is 0 Å². The molecule has 1 aromatic rings. The third-order valence-corrected chi connectivity index (χ3v) is 3.19. The van der Waals surface area contributed by atoms with E-state index in [0.717, 1.165) is 25.3 Å². The highest BCUT2D eigenvalue weighted by molar-refractivity contribution is 5.95. The molecule has 0 aliphatic carbocycles. The van der Waals surface area contributed by atoms with Crippen molar-refractivity contribution in [3.05, 3.63) is 29.8 Å². The summed E-state index contributed by atoms with van der Waals surface area (Å²) in [6.45, 7) is 3.14. The number of piperazine rings is 1. The average molecular weight is 249 g/mol. The van der Waals surface area contributed by atoms with Crippen LogP contribution in [0.2, 0.25) is 0 Å². The van der Waals surface area contributed by atoms with Gasteiger partial charge in [-0.1, -0.05) is 12.1 Å². The van der Waals surface area contributed by atoms with E-state index in [0.29, 0.717) is 12.1 Å². The number of anilines is 1. The van der Waals surface area contributed by atoms with Gasteiger partial charge in [-0.15, -0.1) is 0 Å². The number of hydrogen-bond donors (Lipinski definition) is 2. The summed E-state index contributed by atoms with van der Waals surface area (Å²) in [6, 6.07) is 7.79. The van der Waals surface area contributed by atoms with Crippen molar-refractivity contribution < 1.29 is 9.53 Å². The van der Waals surface area contributed by atoms with Crippen LogP contribution < -0.4 is 16.0 Å². The van der Waals surface area contributed by atoms with Crippen molar-refractivity contribution in [2.75, 3.05) is 38.2 Å². The van der Waals surface area contributed by atoms with Crippen molar-refractivity contribution in [1.82, 2.24) is 5.32 Å². The van der Waals surface area contributed by atoms with E-state index in [2.05, 4.69) is 10.2 Å². The highest BCUT2D eigenvalue weighted by Gasteiger charge is 2.22. The van der Waals surface area contributed by atoms with Gasteiger partial charge in [0.05, 0.1) is 18.4 Å². The number of nitrogens with two attached hydrogens (primary N) is 1. The van der Waals surface area contributed by atoms with Crippen LogP contribution in [0.1, 0.15) is 10.4 Å². The Balaban J connectivity index is 2.24. The first-order valence-electron chi connectivity index (χ1n) is 6.12. The van der Waals surface area contributed by atoms with Gasteiger partial charge < -0.3 is 20.7 Å². The van der Waals surface area contributed by atoms with Crippen molar-refractivity contribution >= 4 is 11.7 Å². The molecule has 0 spiro atoms. The Bertz CT molecular complexity index is 422. The molecule has 1 aliphatic rings. The van der Waals surface area contributed by atoms with Crippen LogP contribution in [0, 0.1) is 0 Å². The summed E-state index contributed by atoms with van der Waals surface area (Å²) in [4.78, 5) is 13.9. The fourth-order valence-corrected chi connectivity index (χ4v) is 2.23. The molecule has 1 aromatic carbocycles. The van der Waals surface area contributed by atoms with Crippen molar-refractivity contribution in [3.63, 3.8) is 0 Å². The van der Waals surface area contributed by atoms with Gasteiger partial charge in [-0.3, -0.25) is 0 Å². The fourth-order valence-electron chi connectivity index (χ4n) is 2.23. The maximum absolute atomic E-state index is 11.7. The van der Waals surface area contributed by atoms with Crippen LogP contribution in [0.25, 0.3) is 0 Å². The van der Waals surface area contributed by atoms with Crippen molar-refractivity contribution in [2.45, 2.75) is 6.04 Å². The summed E-state index contributed by atoms with van der Waals surface area (Å²) < 4.78 is 4.81. The molecule has 3 N–H and O–H groups in total. The lowest BCUT2D eigenvalue weighted by Gasteiger charge is -2.35. The molecular formula is C13H19N3O2. The molecule has 0 bridgehead atoms. The number of carbonyl (C=O) groups excluding carboxylic acids is 1. The Morgan fingerprint density at radius 2 is 2.33 bits per heavy atom. The van der Waals surface area contributed by atoms with Gasteiger partial charge in [-0.25, -0.2) is 4.79 Å². The number of carbonyl (C=O) groups is 1. The summed E-state index contributed by atoms with van der Waals surface area (Å²) in [7, 11) is 1.40. The Morgan fingerprint density at radius 1 is 1.56 bits per heavy atom. The summed E-state index contributed by atoms with van der Waals surface area (Å²) in [5.41, 5.74) is 7.22. The molecule has 1 atom stereocenters. The second kappa shape index (κ2) is 5.84. The molecule has 5 nitrogen and oxygen atoms in total. The molecule has 1 fully saturated rings. The molecular weight excluding hydrogens is 230 g/mol. The third-order valence-electron chi connectivity index (χ3n) is 3.19. The maximum Gasteiger partial charge on any atom is 0.339 e. The normalized spacial score (nSPS) is 19.7. The number of rotatable bonds is 3. The maximum atomic E-state index is 11.7. The van der Waals surface area contributed by atoms with Crippen LogP contribution in [0.4, 0.5) is 5.69 Å². The van der Waals surface area contributed by atoms with Gasteiger partial charge in [-0.2, -0.15) is 0 Å². The predicted octanol–water partition coefficient (Wildman–Crippen LogP) is 0.210. The Kier molecular flexibility index (Phi) is 4.17. The zero-order valence-corrected chi connectivity index (χ0v) is 10.6. The molecule has 18 heavy (non-hydrogen) atoms. The van der Waals surface area contributed by atoms with Gasteiger partial charge in [0.25, 0.3) is 0 Å². The van der Waals surface area contributed by atoms with Gasteiger partial charge >= 0.3 is 5.97 Å². The van der Waals surface area contributed by atoms with Crippen LogP contribution in [-0.2, 0) is 4.74 Å². The van der Waals surface area contributed by atoms with Gasteiger partial charge in [0, 0.05) is 32.2 Å². The molecule has 1 heterocycles. The van der Waals surface area contributed by atoms with E-state index in [4.69, 9.17) is 10.5 Å². The van der Waals surface area contributed by atoms with E-state index in [1.807, 2.05) is 18.2 Å². The monoisotopic (exact) mass is 249 g/mol. The van der Waals surface area contributed by atoms with Crippen molar-refractivity contribution in [2.24, 2.45) is 5.73 Å². The minimum atomic E-state index is -0.298. The predicted molar refractivity (Wildman–Crippen MR) is 70.8 cm³/mol. The van der Waals surface area contributed by atoms with E-state index in [-0.39, 0.29) is 12.0 Å². The molecule has 0 aromatic heterocycles. The number of nitrogens with one attached hydrogen (secondary N) is 1. The first kappa shape index (κ1) is 12.9. The number of methoxy groups -OCH3 is 1. The first-order chi connectivity index (χ1) is 8.76. The Hall–Kier alpha value is -1.59. The van der Waals surface area contributed by atoms with Crippen LogP contribution in [0.15, 0.2) is 24.3 Å². The molecule has 98 valence electrons. The summed E-state index contributed by atoms with van der Waals surface area (Å²) >= 11 is 0. The molecule has 0 amide bonds. The van der Waals surface area contributed by atoms with E-state index < -0.39 is 0 Å². The SMILES string of the molecule is COC(=O)c1ccccc1N1CCNC(CN)C1. The van der Waals surface area contributed by atoms with Crippen LogP contribution in [-0.4, -0.2) is 45.3 Å². The van der Waals surface area contributed by atoms with Crippen LogP contribution in [0.3, 0.4) is 0 Å². The van der Waals surface area contributed by atoms with E-state index >= 15 is 0 Å². The van der Waals surface area contributed by atoms with E-state index in [1.165, 1.54) is 7.11 Å². The summed E-state index contributed by atoms with van der Waals surface area (Å²) in [6.07, 6.45) is 0. The molecule has 1 saturated heterocycles. The van der Waals surface area contributed by atoms with Crippen molar-refractivity contribution in [1.29, 1.82) is 0 Å². The van der Waals surface area contributed by atoms with E-state index in [1.54, 1.807) is 6.07 Å². The molecule has 5 heteroatoms. The minimum absolute atomic E-state index is 0.268. The largest absolute Gasteiger partial charge is 0.465 e. The minimum Gasteiger partial charge on any atom is -0.465 e. The molecule has 2 rings (SSSR count). The molecule has 1 aliphatic heterocycles. The van der Waals surface area contributed by atoms with Gasteiger partial charge in [0.2, 0.25) is 0 Å². The van der Waals surface area contributed by atoms with E-state index in [9.17, 15) is 4.79 Å². The standard InChI is InChI=1S/C13H19N3O2/c1-18-13(17)11-4-2-3-5-12(11)16-7-6-15-10(8-14)9-16/h2-5,10,15H,6-9,14H2,1H3. The van der Waals surface area contributed by atoms with Gasteiger partial charge in [0.15, 0.2) is 0 Å². The smallest absolute Gasteiger partial charge is 0.339 e. The second-order valence-electron chi connectivity index (χ2n) is 4.34. The lowest BCUT2D eigenvalue weighted by Crippen LogP contribution is -2.54. The summed E-state index contributed by atoms with van der Waals surface area (Å²) in [5.74, 6) is -0.298. The Morgan fingerprint density at radius 3 is 3.06 bits per heavy atom. The lowest BCUT2D eigenvalue weighted by atomic mass is 10.1. The number of nitrogens with zero attached hydrogens (tertiary/aromatic N) is 1. The fraction of sp³-hybridized carbons (Fsp3) is 0.462. The van der Waals surface area contributed by atoms with Gasteiger partial charge in [-0.05, 0) is 12.1 Å².